The summed E-state index contributed by atoms with van der Waals surface area (Å²) in [5.74, 6) is -3.05. The van der Waals surface area contributed by atoms with Crippen LogP contribution in [0.4, 0.5) is 5.69 Å². The normalized spacial score (nSPS) is 18.2. The summed E-state index contributed by atoms with van der Waals surface area (Å²) in [5.41, 5.74) is 3.83. The van der Waals surface area contributed by atoms with Crippen LogP contribution in [-0.4, -0.2) is 41.2 Å². The number of benzene rings is 1. The summed E-state index contributed by atoms with van der Waals surface area (Å²) < 4.78 is 17.5. The number of methoxy groups -OCH3 is 1. The van der Waals surface area contributed by atoms with Crippen LogP contribution < -0.4 is 20.9 Å². The van der Waals surface area contributed by atoms with Crippen molar-refractivity contribution in [1.29, 1.82) is 0 Å². The monoisotopic (exact) mass is 491 g/mol. The van der Waals surface area contributed by atoms with Crippen molar-refractivity contribution in [2.75, 3.05) is 18.6 Å². The molecule has 1 atom stereocenters. The predicted molar refractivity (Wildman–Crippen MR) is 124 cm³/mol. The standard InChI is InChI=1S/C25H21N3O8/c1-13-10-17-19(22(31)27(13)11-14-6-5-9-35-14)25(20(21(26)36-17)23(32)34-2)15-7-3-4-8-16(15)28(24(25)33)12-18(29)30/h3-10H,11-12,26H2,1-2H3,(H,29,30)/t25-/m0/s1. The number of aliphatic carboxylic acids is 1. The van der Waals surface area contributed by atoms with Gasteiger partial charge in [0.2, 0.25) is 11.8 Å². The zero-order valence-corrected chi connectivity index (χ0v) is 19.3. The number of carboxylic acids is 1. The Kier molecular flexibility index (Phi) is 5.20. The minimum absolute atomic E-state index is 0.0151. The molecule has 0 saturated heterocycles. The van der Waals surface area contributed by atoms with Crippen LogP contribution in [0.3, 0.4) is 0 Å². The average Bonchev–Trinajstić information content (AvgIpc) is 3.43. The maximum atomic E-state index is 14.2. The molecular formula is C25H21N3O8. The molecule has 3 aromatic rings. The van der Waals surface area contributed by atoms with Crippen molar-refractivity contribution in [3.63, 3.8) is 0 Å². The van der Waals surface area contributed by atoms with E-state index in [0.717, 1.165) is 12.0 Å². The number of ether oxygens (including phenoxy) is 2. The summed E-state index contributed by atoms with van der Waals surface area (Å²) in [6, 6.07) is 11.2. The number of carbonyl (C=O) groups excluding carboxylic acids is 2. The number of furan rings is 1. The topological polar surface area (TPSA) is 154 Å². The van der Waals surface area contributed by atoms with E-state index in [1.807, 2.05) is 0 Å². The van der Waals surface area contributed by atoms with E-state index in [9.17, 15) is 24.3 Å². The number of pyridine rings is 1. The lowest BCUT2D eigenvalue weighted by atomic mass is 9.68. The summed E-state index contributed by atoms with van der Waals surface area (Å²) in [5, 5.41) is 9.53. The molecule has 36 heavy (non-hydrogen) atoms. The Labute approximate surface area is 203 Å². The number of rotatable bonds is 5. The number of nitrogens with zero attached hydrogens (tertiary/aromatic N) is 2. The largest absolute Gasteiger partial charge is 0.480 e. The first-order valence-electron chi connectivity index (χ1n) is 10.9. The van der Waals surface area contributed by atoms with Crippen molar-refractivity contribution in [2.45, 2.75) is 18.9 Å². The van der Waals surface area contributed by atoms with E-state index in [2.05, 4.69) is 0 Å². The van der Waals surface area contributed by atoms with Crippen LogP contribution in [-0.2, 0) is 31.1 Å². The quantitative estimate of drug-likeness (QED) is 0.502. The molecule has 0 unspecified atom stereocenters. The number of hydrogen-bond donors (Lipinski definition) is 2. The van der Waals surface area contributed by atoms with Crippen molar-refractivity contribution in [2.24, 2.45) is 5.73 Å². The molecule has 0 bridgehead atoms. The van der Waals surface area contributed by atoms with Crippen LogP contribution in [0.5, 0.6) is 5.75 Å². The molecule has 3 N–H and O–H groups in total. The van der Waals surface area contributed by atoms with Crippen LogP contribution >= 0.6 is 0 Å². The maximum Gasteiger partial charge on any atom is 0.340 e. The minimum Gasteiger partial charge on any atom is -0.480 e. The predicted octanol–water partition coefficient (Wildman–Crippen LogP) is 1.25. The lowest BCUT2D eigenvalue weighted by molar-refractivity contribution is -0.138. The zero-order valence-electron chi connectivity index (χ0n) is 19.3. The molecule has 0 saturated carbocycles. The van der Waals surface area contributed by atoms with Gasteiger partial charge in [0.1, 0.15) is 29.0 Å². The summed E-state index contributed by atoms with van der Waals surface area (Å²) in [4.78, 5) is 54.1. The number of amides is 1. The fourth-order valence-corrected chi connectivity index (χ4v) is 4.98. The zero-order chi connectivity index (χ0) is 25.8. The molecule has 11 heteroatoms. The minimum atomic E-state index is -2.09. The third-order valence-electron chi connectivity index (χ3n) is 6.43. The molecule has 5 rings (SSSR count). The molecule has 1 aromatic carbocycles. The molecule has 2 aliphatic rings. The van der Waals surface area contributed by atoms with Crippen LogP contribution in [0.25, 0.3) is 0 Å². The van der Waals surface area contributed by atoms with Gasteiger partial charge in [-0.2, -0.15) is 0 Å². The molecule has 184 valence electrons. The number of nitrogens with two attached hydrogens (primary N) is 1. The number of hydrogen-bond acceptors (Lipinski definition) is 8. The molecule has 1 amide bonds. The Morgan fingerprint density at radius 3 is 2.58 bits per heavy atom. The number of esters is 1. The van der Waals surface area contributed by atoms with Crippen molar-refractivity contribution in [1.82, 2.24) is 4.57 Å². The van der Waals surface area contributed by atoms with Gasteiger partial charge < -0.3 is 29.3 Å². The Bertz CT molecular complexity index is 1520. The van der Waals surface area contributed by atoms with E-state index in [0.29, 0.717) is 11.5 Å². The number of fused-ring (bicyclic) bond motifs is 4. The highest BCUT2D eigenvalue weighted by atomic mass is 16.5. The van der Waals surface area contributed by atoms with Gasteiger partial charge in [0.15, 0.2) is 0 Å². The molecule has 2 aliphatic heterocycles. The van der Waals surface area contributed by atoms with E-state index >= 15 is 0 Å². The number of carbonyl (C=O) groups is 3. The molecule has 4 heterocycles. The SMILES string of the molecule is COC(=O)C1=C(N)Oc2cc(C)n(Cc3ccco3)c(=O)c2[C@]12C(=O)N(CC(=O)O)c1ccccc12. The van der Waals surface area contributed by atoms with Crippen molar-refractivity contribution >= 4 is 23.5 Å². The van der Waals surface area contributed by atoms with Gasteiger partial charge in [-0.15, -0.1) is 0 Å². The van der Waals surface area contributed by atoms with Gasteiger partial charge in [0, 0.05) is 23.0 Å². The van der Waals surface area contributed by atoms with Gasteiger partial charge in [-0.3, -0.25) is 19.3 Å². The van der Waals surface area contributed by atoms with Crippen molar-refractivity contribution < 1.29 is 33.4 Å². The van der Waals surface area contributed by atoms with Gasteiger partial charge in [0.05, 0.1) is 25.5 Å². The smallest absolute Gasteiger partial charge is 0.340 e. The van der Waals surface area contributed by atoms with E-state index in [4.69, 9.17) is 19.6 Å². The van der Waals surface area contributed by atoms with Gasteiger partial charge in [-0.05, 0) is 25.1 Å². The van der Waals surface area contributed by atoms with Crippen LogP contribution in [0.1, 0.15) is 22.6 Å². The summed E-state index contributed by atoms with van der Waals surface area (Å²) in [6.07, 6.45) is 1.47. The number of aryl methyl sites for hydroxylation is 1. The fourth-order valence-electron chi connectivity index (χ4n) is 4.98. The second-order valence-corrected chi connectivity index (χ2v) is 8.38. The first-order valence-corrected chi connectivity index (χ1v) is 10.9. The highest BCUT2D eigenvalue weighted by molar-refractivity contribution is 6.19. The Morgan fingerprint density at radius 1 is 1.17 bits per heavy atom. The van der Waals surface area contributed by atoms with Crippen LogP contribution in [0, 0.1) is 6.92 Å². The van der Waals surface area contributed by atoms with Crippen LogP contribution in [0.2, 0.25) is 0 Å². The third kappa shape index (κ3) is 3.05. The molecule has 1 spiro atoms. The van der Waals surface area contributed by atoms with Crippen LogP contribution in [0.15, 0.2) is 69.4 Å². The number of anilines is 1. The highest BCUT2D eigenvalue weighted by Gasteiger charge is 2.62. The van der Waals surface area contributed by atoms with E-state index < -0.39 is 46.8 Å². The highest BCUT2D eigenvalue weighted by Crippen LogP contribution is 2.54. The molecule has 0 radical (unpaired) electrons. The molecule has 0 fully saturated rings. The van der Waals surface area contributed by atoms with Gasteiger partial charge in [0.25, 0.3) is 5.56 Å². The first kappa shape index (κ1) is 23.0. The Hall–Kier alpha value is -4.80. The van der Waals surface area contributed by atoms with Crippen molar-refractivity contribution in [3.8, 4) is 5.75 Å². The number of carboxylic acid groups (broad SMARTS) is 1. The lowest BCUT2D eigenvalue weighted by Crippen LogP contribution is -2.52. The molecule has 0 aliphatic carbocycles. The first-order chi connectivity index (χ1) is 17.2. The van der Waals surface area contributed by atoms with E-state index in [1.54, 1.807) is 43.3 Å². The average molecular weight is 491 g/mol. The second-order valence-electron chi connectivity index (χ2n) is 8.38. The summed E-state index contributed by atoms with van der Waals surface area (Å²) >= 11 is 0. The summed E-state index contributed by atoms with van der Waals surface area (Å²) in [7, 11) is 1.11. The fraction of sp³-hybridized carbons (Fsp3) is 0.200. The molecule has 2 aromatic heterocycles. The van der Waals surface area contributed by atoms with Crippen molar-refractivity contribution in [3.05, 3.63) is 93.1 Å². The maximum absolute atomic E-state index is 14.2. The van der Waals surface area contributed by atoms with E-state index in [-0.39, 0.29) is 29.1 Å². The van der Waals surface area contributed by atoms with Gasteiger partial charge in [-0.1, -0.05) is 18.2 Å². The molecule has 11 nitrogen and oxygen atoms in total. The Balaban J connectivity index is 1.89. The third-order valence-corrected chi connectivity index (χ3v) is 6.43. The number of aromatic nitrogens is 1. The van der Waals surface area contributed by atoms with Gasteiger partial charge >= 0.3 is 11.9 Å². The number of para-hydroxylation sites is 1. The molecular weight excluding hydrogens is 470 g/mol. The summed E-state index contributed by atoms with van der Waals surface area (Å²) in [6.45, 7) is 1.02. The lowest BCUT2D eigenvalue weighted by Gasteiger charge is -2.35. The van der Waals surface area contributed by atoms with Gasteiger partial charge in [-0.25, -0.2) is 4.79 Å². The Morgan fingerprint density at radius 2 is 1.92 bits per heavy atom. The van der Waals surface area contributed by atoms with E-state index in [1.165, 1.54) is 16.9 Å². The second kappa shape index (κ2) is 8.15.